The fraction of sp³-hybridized carbons (Fsp3) is 0.632. The Bertz CT molecular complexity index is 485. The Kier molecular flexibility index (Phi) is 5.27. The van der Waals surface area contributed by atoms with Crippen LogP contribution in [0.5, 0.6) is 0 Å². The number of hydrogen-bond acceptors (Lipinski definition) is 3. The number of ether oxygens (including phenoxy) is 2. The monoisotopic (exact) mass is 302 g/mol. The molecule has 2 fully saturated rings. The number of hydrogen-bond donors (Lipinski definition) is 0. The summed E-state index contributed by atoms with van der Waals surface area (Å²) in [5.74, 6) is 0.748. The molecule has 1 saturated carbocycles. The molecule has 0 spiro atoms. The molecule has 1 heterocycles. The van der Waals surface area contributed by atoms with Gasteiger partial charge in [-0.15, -0.1) is 0 Å². The summed E-state index contributed by atoms with van der Waals surface area (Å²) in [5, 5.41) is 0. The molecule has 0 radical (unpaired) electrons. The number of Topliss-reactive ketones (excluding diaryl/α,β-unsaturated/α-hetero) is 1. The molecule has 1 aromatic rings. The van der Waals surface area contributed by atoms with E-state index in [1.807, 2.05) is 6.07 Å². The van der Waals surface area contributed by atoms with Crippen LogP contribution in [0.4, 0.5) is 0 Å². The molecule has 2 atom stereocenters. The summed E-state index contributed by atoms with van der Waals surface area (Å²) >= 11 is 0. The van der Waals surface area contributed by atoms with Gasteiger partial charge in [-0.1, -0.05) is 36.8 Å². The largest absolute Gasteiger partial charge is 0.379 e. The molecule has 0 aromatic heterocycles. The number of benzene rings is 1. The second-order valence-corrected chi connectivity index (χ2v) is 6.62. The molecule has 3 heteroatoms. The smallest absolute Gasteiger partial charge is 0.139 e. The molecule has 1 aliphatic carbocycles. The van der Waals surface area contributed by atoms with Crippen LogP contribution in [0.25, 0.3) is 0 Å². The Morgan fingerprint density at radius 2 is 1.86 bits per heavy atom. The summed E-state index contributed by atoms with van der Waals surface area (Å²) in [6, 6.07) is 10.4. The van der Waals surface area contributed by atoms with Gasteiger partial charge in [-0.05, 0) is 37.2 Å². The maximum absolute atomic E-state index is 13.0. The lowest BCUT2D eigenvalue weighted by molar-refractivity contribution is -0.133. The summed E-state index contributed by atoms with van der Waals surface area (Å²) in [4.78, 5) is 13.0. The van der Waals surface area contributed by atoms with Crippen LogP contribution in [0, 0.1) is 11.3 Å². The van der Waals surface area contributed by atoms with E-state index >= 15 is 0 Å². The summed E-state index contributed by atoms with van der Waals surface area (Å²) < 4.78 is 11.5. The van der Waals surface area contributed by atoms with Crippen molar-refractivity contribution >= 4 is 5.78 Å². The molecule has 2 aliphatic rings. The lowest BCUT2D eigenvalue weighted by Crippen LogP contribution is -2.42. The van der Waals surface area contributed by atoms with Crippen molar-refractivity contribution in [3.05, 3.63) is 35.9 Å². The van der Waals surface area contributed by atoms with Gasteiger partial charge in [0.2, 0.25) is 0 Å². The Labute approximate surface area is 133 Å². The summed E-state index contributed by atoms with van der Waals surface area (Å²) in [5.41, 5.74) is 0.948. The molecule has 0 N–H and O–H groups in total. The third kappa shape index (κ3) is 3.41. The zero-order valence-corrected chi connectivity index (χ0v) is 13.3. The van der Waals surface area contributed by atoms with Crippen molar-refractivity contribution in [2.24, 2.45) is 11.3 Å². The fourth-order valence-corrected chi connectivity index (χ4v) is 4.01. The Morgan fingerprint density at radius 1 is 1.05 bits per heavy atom. The molecule has 0 bridgehead atoms. The van der Waals surface area contributed by atoms with E-state index in [1.165, 1.54) is 5.56 Å². The van der Waals surface area contributed by atoms with Crippen molar-refractivity contribution in [3.8, 4) is 0 Å². The maximum Gasteiger partial charge on any atom is 0.139 e. The van der Waals surface area contributed by atoms with Gasteiger partial charge < -0.3 is 9.47 Å². The van der Waals surface area contributed by atoms with Crippen LogP contribution < -0.4 is 0 Å². The number of carbonyl (C=O) groups is 1. The van der Waals surface area contributed by atoms with E-state index in [0.717, 1.165) is 32.1 Å². The topological polar surface area (TPSA) is 35.5 Å². The molecule has 2 unspecified atom stereocenters. The highest BCUT2D eigenvalue weighted by Gasteiger charge is 2.45. The van der Waals surface area contributed by atoms with Gasteiger partial charge in [0.15, 0.2) is 0 Å². The molecule has 3 rings (SSSR count). The first-order chi connectivity index (χ1) is 10.8. The quantitative estimate of drug-likeness (QED) is 0.840. The zero-order chi connectivity index (χ0) is 15.3. The van der Waals surface area contributed by atoms with E-state index in [4.69, 9.17) is 9.47 Å². The van der Waals surface area contributed by atoms with Crippen molar-refractivity contribution < 1.29 is 14.3 Å². The van der Waals surface area contributed by atoms with Crippen LogP contribution in [0.1, 0.15) is 37.7 Å². The van der Waals surface area contributed by atoms with E-state index < -0.39 is 0 Å². The molecular weight excluding hydrogens is 276 g/mol. The summed E-state index contributed by atoms with van der Waals surface area (Å²) in [6.45, 7) is 2.65. The third-order valence-corrected chi connectivity index (χ3v) is 5.29. The average Bonchev–Trinajstić information content (AvgIpc) is 2.62. The van der Waals surface area contributed by atoms with Gasteiger partial charge in [0.25, 0.3) is 0 Å². The van der Waals surface area contributed by atoms with E-state index in [0.29, 0.717) is 44.5 Å². The van der Waals surface area contributed by atoms with Crippen LogP contribution in [0.3, 0.4) is 0 Å². The molecule has 3 nitrogen and oxygen atoms in total. The third-order valence-electron chi connectivity index (χ3n) is 5.29. The lowest BCUT2D eigenvalue weighted by atomic mass is 9.65. The molecular formula is C19H26O3. The van der Waals surface area contributed by atoms with Crippen LogP contribution in [-0.2, 0) is 20.7 Å². The SMILES string of the molecule is O=C1CCCCC2COCCOCCC12Cc1ccccc1. The number of ketones is 1. The molecule has 0 amide bonds. The fourth-order valence-electron chi connectivity index (χ4n) is 4.01. The van der Waals surface area contributed by atoms with Crippen molar-refractivity contribution in [2.75, 3.05) is 26.4 Å². The first-order valence-corrected chi connectivity index (χ1v) is 8.54. The zero-order valence-electron chi connectivity index (χ0n) is 13.3. The molecule has 1 saturated heterocycles. The van der Waals surface area contributed by atoms with Crippen LogP contribution in [0.15, 0.2) is 30.3 Å². The normalized spacial score (nSPS) is 30.5. The molecule has 22 heavy (non-hydrogen) atoms. The van der Waals surface area contributed by atoms with Crippen LogP contribution in [-0.4, -0.2) is 32.2 Å². The Hall–Kier alpha value is -1.19. The first-order valence-electron chi connectivity index (χ1n) is 8.54. The van der Waals surface area contributed by atoms with Crippen molar-refractivity contribution in [3.63, 3.8) is 0 Å². The highest BCUT2D eigenvalue weighted by molar-refractivity contribution is 5.85. The average molecular weight is 302 g/mol. The minimum atomic E-state index is -0.303. The first kappa shape index (κ1) is 15.7. The Balaban J connectivity index is 1.93. The van der Waals surface area contributed by atoms with Gasteiger partial charge in [0.1, 0.15) is 5.78 Å². The second kappa shape index (κ2) is 7.38. The van der Waals surface area contributed by atoms with E-state index in [2.05, 4.69) is 24.3 Å². The van der Waals surface area contributed by atoms with Crippen molar-refractivity contribution in [2.45, 2.75) is 38.5 Å². The minimum absolute atomic E-state index is 0.303. The lowest BCUT2D eigenvalue weighted by Gasteiger charge is -2.38. The predicted molar refractivity (Wildman–Crippen MR) is 85.8 cm³/mol. The minimum Gasteiger partial charge on any atom is -0.379 e. The standard InChI is InChI=1S/C19H26O3/c20-18-9-5-4-8-17-15-22-13-12-21-11-10-19(17,18)14-16-6-2-1-3-7-16/h1-3,6-7,17H,4-5,8-15H2. The number of fused-ring (bicyclic) bond motifs is 1. The van der Waals surface area contributed by atoms with Gasteiger partial charge in [0, 0.05) is 18.4 Å². The Morgan fingerprint density at radius 3 is 2.73 bits per heavy atom. The number of carbonyl (C=O) groups excluding carboxylic acids is 1. The van der Waals surface area contributed by atoms with Crippen LogP contribution in [0.2, 0.25) is 0 Å². The van der Waals surface area contributed by atoms with Gasteiger partial charge in [-0.3, -0.25) is 4.79 Å². The van der Waals surface area contributed by atoms with Gasteiger partial charge >= 0.3 is 0 Å². The predicted octanol–water partition coefficient (Wildman–Crippen LogP) is 3.41. The van der Waals surface area contributed by atoms with Crippen LogP contribution >= 0.6 is 0 Å². The van der Waals surface area contributed by atoms with Gasteiger partial charge in [-0.2, -0.15) is 0 Å². The van der Waals surface area contributed by atoms with Crippen molar-refractivity contribution in [1.29, 1.82) is 0 Å². The summed E-state index contributed by atoms with van der Waals surface area (Å²) in [7, 11) is 0. The summed E-state index contributed by atoms with van der Waals surface area (Å²) in [6.07, 6.45) is 5.62. The van der Waals surface area contributed by atoms with E-state index in [1.54, 1.807) is 0 Å². The van der Waals surface area contributed by atoms with Crippen molar-refractivity contribution in [1.82, 2.24) is 0 Å². The van der Waals surface area contributed by atoms with Gasteiger partial charge in [0.05, 0.1) is 19.8 Å². The highest BCUT2D eigenvalue weighted by Crippen LogP contribution is 2.43. The molecule has 120 valence electrons. The second-order valence-electron chi connectivity index (χ2n) is 6.62. The van der Waals surface area contributed by atoms with E-state index in [-0.39, 0.29) is 5.41 Å². The number of rotatable bonds is 2. The molecule has 1 aliphatic heterocycles. The maximum atomic E-state index is 13.0. The van der Waals surface area contributed by atoms with Gasteiger partial charge in [-0.25, -0.2) is 0 Å². The van der Waals surface area contributed by atoms with E-state index in [9.17, 15) is 4.79 Å². The molecule has 1 aromatic carbocycles. The highest BCUT2D eigenvalue weighted by atomic mass is 16.5.